The number of benzene rings is 2. The third kappa shape index (κ3) is 2.43. The van der Waals surface area contributed by atoms with Crippen LogP contribution in [0.15, 0.2) is 42.5 Å². The summed E-state index contributed by atoms with van der Waals surface area (Å²) in [6, 6.07) is 17.1. The van der Waals surface area contributed by atoms with Crippen LogP contribution in [-0.2, 0) is 12.8 Å². The summed E-state index contributed by atoms with van der Waals surface area (Å²) < 4.78 is 0. The van der Waals surface area contributed by atoms with Gasteiger partial charge in [-0.15, -0.1) is 0 Å². The summed E-state index contributed by atoms with van der Waals surface area (Å²) in [5.41, 5.74) is 3.12. The summed E-state index contributed by atoms with van der Waals surface area (Å²) in [6.07, 6.45) is 1.82. The van der Waals surface area contributed by atoms with E-state index in [4.69, 9.17) is 0 Å². The minimum Gasteiger partial charge on any atom is -0.507 e. The van der Waals surface area contributed by atoms with Crippen LogP contribution in [0.5, 0.6) is 5.75 Å². The second-order valence-corrected chi connectivity index (χ2v) is 3.96. The summed E-state index contributed by atoms with van der Waals surface area (Å²) in [4.78, 5) is 0. The van der Waals surface area contributed by atoms with Gasteiger partial charge >= 0.3 is 0 Å². The zero-order chi connectivity index (χ0) is 11.4. The molecule has 1 radical (unpaired) electrons. The maximum atomic E-state index is 9.84. The molecule has 16 heavy (non-hydrogen) atoms. The van der Waals surface area contributed by atoms with E-state index >= 15 is 0 Å². The molecule has 0 aliphatic carbocycles. The Morgan fingerprint density at radius 1 is 1.06 bits per heavy atom. The van der Waals surface area contributed by atoms with Crippen molar-refractivity contribution in [2.75, 3.05) is 0 Å². The van der Waals surface area contributed by atoms with Gasteiger partial charge in [-0.1, -0.05) is 42.5 Å². The van der Waals surface area contributed by atoms with Crippen molar-refractivity contribution in [2.24, 2.45) is 0 Å². The summed E-state index contributed by atoms with van der Waals surface area (Å²) >= 11 is 0. The van der Waals surface area contributed by atoms with Crippen LogP contribution in [0, 0.1) is 13.0 Å². The van der Waals surface area contributed by atoms with Gasteiger partial charge in [-0.2, -0.15) is 0 Å². The summed E-state index contributed by atoms with van der Waals surface area (Å²) in [7, 11) is 0. The van der Waals surface area contributed by atoms with Gasteiger partial charge in [-0.3, -0.25) is 0 Å². The molecule has 2 rings (SSSR count). The fraction of sp³-hybridized carbons (Fsp3) is 0.200. The second-order valence-electron chi connectivity index (χ2n) is 3.96. The standard InChI is InChI=1S/C15H15O/c1-12-6-5-9-14(15(12)16)11-10-13-7-3-2-4-8-13/h2-5,7-9,16H,10-11H2,1H3. The molecule has 1 N–H and O–H groups in total. The normalized spacial score (nSPS) is 10.3. The highest BCUT2D eigenvalue weighted by Gasteiger charge is 2.03. The number of phenolic OH excluding ortho intramolecular Hbond substituents is 1. The highest BCUT2D eigenvalue weighted by atomic mass is 16.3. The van der Waals surface area contributed by atoms with Crippen molar-refractivity contribution in [3.8, 4) is 5.75 Å². The summed E-state index contributed by atoms with van der Waals surface area (Å²) in [5, 5.41) is 9.84. The van der Waals surface area contributed by atoms with E-state index < -0.39 is 0 Å². The molecule has 1 nitrogen and oxygen atoms in total. The van der Waals surface area contributed by atoms with Crippen molar-refractivity contribution in [1.82, 2.24) is 0 Å². The number of hydrogen-bond donors (Lipinski definition) is 1. The summed E-state index contributed by atoms with van der Waals surface area (Å²) in [5.74, 6) is 0.387. The van der Waals surface area contributed by atoms with Gasteiger partial charge in [-0.05, 0) is 42.5 Å². The van der Waals surface area contributed by atoms with E-state index in [1.807, 2.05) is 37.3 Å². The van der Waals surface area contributed by atoms with E-state index in [1.54, 1.807) is 0 Å². The molecule has 0 amide bonds. The molecule has 2 aromatic carbocycles. The highest BCUT2D eigenvalue weighted by Crippen LogP contribution is 2.22. The molecular weight excluding hydrogens is 196 g/mol. The minimum absolute atomic E-state index is 0.387. The number of hydrogen-bond acceptors (Lipinski definition) is 1. The molecule has 0 heterocycles. The molecule has 0 aromatic heterocycles. The predicted molar refractivity (Wildman–Crippen MR) is 65.5 cm³/mol. The van der Waals surface area contributed by atoms with Gasteiger partial charge in [0, 0.05) is 0 Å². The summed E-state index contributed by atoms with van der Waals surface area (Å²) in [6.45, 7) is 1.88. The molecule has 0 fully saturated rings. The van der Waals surface area contributed by atoms with Crippen molar-refractivity contribution in [3.05, 3.63) is 65.2 Å². The lowest BCUT2D eigenvalue weighted by Crippen LogP contribution is -1.92. The Balaban J connectivity index is 2.08. The van der Waals surface area contributed by atoms with Crippen LogP contribution in [0.4, 0.5) is 0 Å². The third-order valence-corrected chi connectivity index (χ3v) is 2.77. The Morgan fingerprint density at radius 2 is 1.81 bits per heavy atom. The molecule has 0 atom stereocenters. The van der Waals surface area contributed by atoms with Crippen LogP contribution >= 0.6 is 0 Å². The van der Waals surface area contributed by atoms with E-state index in [0.29, 0.717) is 5.75 Å². The van der Waals surface area contributed by atoms with Crippen LogP contribution in [0.25, 0.3) is 0 Å². The number of rotatable bonds is 3. The van der Waals surface area contributed by atoms with Crippen molar-refractivity contribution in [1.29, 1.82) is 0 Å². The van der Waals surface area contributed by atoms with Crippen molar-refractivity contribution in [3.63, 3.8) is 0 Å². The van der Waals surface area contributed by atoms with Gasteiger partial charge in [0.05, 0.1) is 0 Å². The Morgan fingerprint density at radius 3 is 2.56 bits per heavy atom. The monoisotopic (exact) mass is 211 g/mol. The van der Waals surface area contributed by atoms with E-state index in [2.05, 4.69) is 18.2 Å². The first-order valence-corrected chi connectivity index (χ1v) is 5.50. The molecule has 0 saturated carbocycles. The van der Waals surface area contributed by atoms with Gasteiger partial charge in [0.15, 0.2) is 0 Å². The lowest BCUT2D eigenvalue weighted by Gasteiger charge is -2.06. The van der Waals surface area contributed by atoms with Gasteiger partial charge in [0.2, 0.25) is 0 Å². The first-order valence-electron chi connectivity index (χ1n) is 5.50. The Labute approximate surface area is 96.4 Å². The molecule has 0 unspecified atom stereocenters. The lowest BCUT2D eigenvalue weighted by atomic mass is 10.0. The van der Waals surface area contributed by atoms with E-state index in [1.165, 1.54) is 5.56 Å². The number of aryl methyl sites for hydroxylation is 3. The first kappa shape index (κ1) is 10.7. The lowest BCUT2D eigenvalue weighted by molar-refractivity contribution is 0.463. The van der Waals surface area contributed by atoms with E-state index in [9.17, 15) is 5.11 Å². The van der Waals surface area contributed by atoms with Gasteiger partial charge < -0.3 is 5.11 Å². The van der Waals surface area contributed by atoms with Crippen LogP contribution in [-0.4, -0.2) is 5.11 Å². The number of phenols is 1. The topological polar surface area (TPSA) is 20.2 Å². The molecule has 0 bridgehead atoms. The maximum absolute atomic E-state index is 9.84. The van der Waals surface area contributed by atoms with Gasteiger partial charge in [-0.25, -0.2) is 0 Å². The Bertz CT molecular complexity index is 460. The smallest absolute Gasteiger partial charge is 0.122 e. The zero-order valence-corrected chi connectivity index (χ0v) is 9.40. The van der Waals surface area contributed by atoms with Gasteiger partial charge in [0.25, 0.3) is 0 Å². The fourth-order valence-corrected chi connectivity index (χ4v) is 1.78. The predicted octanol–water partition coefficient (Wildman–Crippen LogP) is 3.29. The van der Waals surface area contributed by atoms with Crippen molar-refractivity contribution in [2.45, 2.75) is 19.8 Å². The van der Waals surface area contributed by atoms with Crippen LogP contribution in [0.2, 0.25) is 0 Å². The minimum atomic E-state index is 0.387. The SMILES string of the molecule is Cc1[c]ccc(CCc2ccccc2)c1O. The Kier molecular flexibility index (Phi) is 3.25. The average Bonchev–Trinajstić information content (AvgIpc) is 2.32. The van der Waals surface area contributed by atoms with E-state index in [-0.39, 0.29) is 0 Å². The molecule has 0 saturated heterocycles. The van der Waals surface area contributed by atoms with Crippen molar-refractivity contribution >= 4 is 0 Å². The molecule has 0 spiro atoms. The zero-order valence-electron chi connectivity index (χ0n) is 9.40. The number of aromatic hydroxyl groups is 1. The molecular formula is C15H15O. The second kappa shape index (κ2) is 4.84. The highest BCUT2D eigenvalue weighted by molar-refractivity contribution is 5.39. The van der Waals surface area contributed by atoms with Crippen LogP contribution in [0.3, 0.4) is 0 Å². The molecule has 81 valence electrons. The molecule has 2 aromatic rings. The first-order chi connectivity index (χ1) is 7.77. The van der Waals surface area contributed by atoms with Crippen molar-refractivity contribution < 1.29 is 5.11 Å². The average molecular weight is 211 g/mol. The molecule has 0 aliphatic rings. The van der Waals surface area contributed by atoms with Crippen LogP contribution in [0.1, 0.15) is 16.7 Å². The van der Waals surface area contributed by atoms with E-state index in [0.717, 1.165) is 24.0 Å². The van der Waals surface area contributed by atoms with Gasteiger partial charge in [0.1, 0.15) is 5.75 Å². The third-order valence-electron chi connectivity index (χ3n) is 2.77. The largest absolute Gasteiger partial charge is 0.507 e. The Hall–Kier alpha value is -1.76. The molecule has 0 aliphatic heterocycles. The maximum Gasteiger partial charge on any atom is 0.122 e. The molecule has 1 heteroatoms. The van der Waals surface area contributed by atoms with Crippen LogP contribution < -0.4 is 0 Å². The quantitative estimate of drug-likeness (QED) is 0.826. The fourth-order valence-electron chi connectivity index (χ4n) is 1.78.